The molecule has 0 bridgehead atoms. The Hall–Kier alpha value is -2.55. The first kappa shape index (κ1) is 17.8. The van der Waals surface area contributed by atoms with Crippen LogP contribution in [0.4, 0.5) is 11.5 Å². The highest BCUT2D eigenvalue weighted by Gasteiger charge is 2.16. The molecule has 1 heterocycles. The molecule has 0 saturated heterocycles. The molecule has 1 aromatic carbocycles. The number of nitrogens with zero attached hydrogens (tertiary/aromatic N) is 2. The number of nitrogen functional groups attached to an aromatic ring is 1. The predicted molar refractivity (Wildman–Crippen MR) is 95.1 cm³/mol. The van der Waals surface area contributed by atoms with E-state index in [4.69, 9.17) is 16.3 Å². The lowest BCUT2D eigenvalue weighted by molar-refractivity contribution is -0.410. The van der Waals surface area contributed by atoms with Gasteiger partial charge in [0.1, 0.15) is 23.3 Å². The lowest BCUT2D eigenvalue weighted by Crippen LogP contribution is -2.20. The summed E-state index contributed by atoms with van der Waals surface area (Å²) in [4.78, 5) is 14.9. The Morgan fingerprint density at radius 1 is 1.33 bits per heavy atom. The van der Waals surface area contributed by atoms with Crippen molar-refractivity contribution in [2.75, 3.05) is 16.8 Å². The number of amides is 1. The van der Waals surface area contributed by atoms with Crippen LogP contribution in [0.25, 0.3) is 0 Å². The number of rotatable bonds is 4. The second-order valence-corrected chi connectivity index (χ2v) is 6.76. The number of halogens is 1. The Bertz CT molecular complexity index is 885. The number of aromatic nitrogens is 1. The number of H-pyrrole nitrogens is 1. The van der Waals surface area contributed by atoms with Crippen LogP contribution < -0.4 is 16.0 Å². The quantitative estimate of drug-likeness (QED) is 0.762. The number of nitriles is 2. The zero-order valence-electron chi connectivity index (χ0n) is 12.7. The molecule has 120 valence electrons. The van der Waals surface area contributed by atoms with E-state index < -0.39 is 0 Å². The van der Waals surface area contributed by atoms with Gasteiger partial charge in [-0.3, -0.25) is 10.5 Å². The summed E-state index contributed by atoms with van der Waals surface area (Å²) in [6.07, 6.45) is 0. The predicted octanol–water partition coefficient (Wildman–Crippen LogP) is 2.63. The van der Waals surface area contributed by atoms with Crippen molar-refractivity contribution in [3.05, 3.63) is 45.4 Å². The maximum absolute atomic E-state index is 12.1. The summed E-state index contributed by atoms with van der Waals surface area (Å²) in [5.74, 6) is 0.0697. The topological polar surface area (TPSA) is 117 Å². The van der Waals surface area contributed by atoms with Crippen LogP contribution in [-0.2, 0) is 4.79 Å². The third-order valence-electron chi connectivity index (χ3n) is 3.12. The molecule has 0 unspecified atom stereocenters. The van der Waals surface area contributed by atoms with Gasteiger partial charge in [-0.05, 0) is 36.8 Å². The minimum absolute atomic E-state index is 0.103. The van der Waals surface area contributed by atoms with Gasteiger partial charge in [0, 0.05) is 10.2 Å². The zero-order chi connectivity index (χ0) is 17.7. The summed E-state index contributed by atoms with van der Waals surface area (Å²) in [5.41, 5.74) is 7.86. The lowest BCUT2D eigenvalue weighted by Gasteiger charge is -2.08. The van der Waals surface area contributed by atoms with Crippen LogP contribution in [0.1, 0.15) is 16.7 Å². The highest BCUT2D eigenvalue weighted by atomic mass is 79.9. The second-order valence-electron chi connectivity index (χ2n) is 4.86. The van der Waals surface area contributed by atoms with E-state index in [-0.39, 0.29) is 28.6 Å². The highest BCUT2D eigenvalue weighted by Crippen LogP contribution is 2.22. The van der Waals surface area contributed by atoms with Gasteiger partial charge in [-0.2, -0.15) is 10.5 Å². The number of hydrogen-bond donors (Lipinski definition) is 2. The van der Waals surface area contributed by atoms with Gasteiger partial charge in [-0.25, -0.2) is 4.98 Å². The average molecular weight is 403 g/mol. The molecular formula is C16H13BrN5OS+. The lowest BCUT2D eigenvalue weighted by atomic mass is 10.2. The van der Waals surface area contributed by atoms with E-state index >= 15 is 0 Å². The van der Waals surface area contributed by atoms with Crippen molar-refractivity contribution in [3.8, 4) is 12.1 Å². The molecule has 0 aliphatic carbocycles. The fourth-order valence-corrected chi connectivity index (χ4v) is 3.19. The molecule has 2 aromatic rings. The van der Waals surface area contributed by atoms with Gasteiger partial charge in [0.2, 0.25) is 5.91 Å². The van der Waals surface area contributed by atoms with Gasteiger partial charge in [-0.1, -0.05) is 27.7 Å². The van der Waals surface area contributed by atoms with E-state index in [1.807, 2.05) is 37.3 Å². The van der Waals surface area contributed by atoms with E-state index in [0.717, 1.165) is 27.5 Å². The highest BCUT2D eigenvalue weighted by molar-refractivity contribution is 9.10. The van der Waals surface area contributed by atoms with E-state index in [2.05, 4.69) is 26.2 Å². The average Bonchev–Trinajstić information content (AvgIpc) is 2.55. The molecule has 0 radical (unpaired) electrons. The van der Waals surface area contributed by atoms with E-state index in [9.17, 15) is 4.79 Å². The fraction of sp³-hybridized carbons (Fsp3) is 0.125. The van der Waals surface area contributed by atoms with Gasteiger partial charge in [0.25, 0.3) is 5.82 Å². The fourth-order valence-electron chi connectivity index (χ4n) is 1.93. The van der Waals surface area contributed by atoms with E-state index in [1.165, 1.54) is 6.07 Å². The van der Waals surface area contributed by atoms with E-state index in [0.29, 0.717) is 5.03 Å². The number of aromatic amines is 1. The molecule has 8 heteroatoms. The van der Waals surface area contributed by atoms with Crippen LogP contribution in [0.5, 0.6) is 0 Å². The second kappa shape index (κ2) is 7.82. The molecule has 0 fully saturated rings. The number of carbonyl (C=O) groups is 1. The van der Waals surface area contributed by atoms with Crippen molar-refractivity contribution in [2.45, 2.75) is 11.9 Å². The summed E-state index contributed by atoms with van der Waals surface area (Å²) in [7, 11) is 0. The van der Waals surface area contributed by atoms with E-state index in [1.54, 1.807) is 0 Å². The Morgan fingerprint density at radius 2 is 2.04 bits per heavy atom. The Balaban J connectivity index is 2.08. The van der Waals surface area contributed by atoms with Gasteiger partial charge < -0.3 is 5.32 Å². The first-order valence-corrected chi connectivity index (χ1v) is 8.57. The third-order valence-corrected chi connectivity index (χ3v) is 4.63. The molecule has 24 heavy (non-hydrogen) atoms. The van der Waals surface area contributed by atoms with Gasteiger partial charge in [0.05, 0.1) is 5.75 Å². The Labute approximate surface area is 151 Å². The molecule has 6 nitrogen and oxygen atoms in total. The van der Waals surface area contributed by atoms with Crippen LogP contribution >= 0.6 is 27.7 Å². The first-order chi connectivity index (χ1) is 11.4. The van der Waals surface area contributed by atoms with Crippen LogP contribution in [0.2, 0.25) is 0 Å². The number of benzene rings is 1. The number of anilines is 2. The molecular weight excluding hydrogens is 390 g/mol. The smallest absolute Gasteiger partial charge is 0.289 e. The summed E-state index contributed by atoms with van der Waals surface area (Å²) in [6, 6.07) is 10.9. The number of nitrogens with one attached hydrogen (secondary N) is 2. The number of thioether (sulfide) groups is 1. The molecule has 0 aliphatic rings. The normalized spacial score (nSPS) is 9.83. The molecule has 0 spiro atoms. The van der Waals surface area contributed by atoms with Crippen LogP contribution in [-0.4, -0.2) is 11.7 Å². The van der Waals surface area contributed by atoms with Crippen molar-refractivity contribution in [1.82, 2.24) is 0 Å². The third kappa shape index (κ3) is 4.25. The number of nitrogens with two attached hydrogens (primary N) is 1. The molecule has 2 rings (SSSR count). The van der Waals surface area contributed by atoms with Crippen molar-refractivity contribution in [2.24, 2.45) is 0 Å². The summed E-state index contributed by atoms with van der Waals surface area (Å²) in [5, 5.41) is 21.4. The monoisotopic (exact) mass is 402 g/mol. The molecule has 0 atom stereocenters. The standard InChI is InChI=1S/C16H12BrN5OS/c1-9-4-12(17)2-3-13(9)21-14(23)8-24-16-11(7-19)5-10(6-18)15(20)22-16/h2-5H,8H2,1H3,(H2,20,22)(H,21,23)/p+1. The van der Waals surface area contributed by atoms with Crippen molar-refractivity contribution in [1.29, 1.82) is 10.5 Å². The molecule has 0 saturated carbocycles. The zero-order valence-corrected chi connectivity index (χ0v) is 15.1. The molecule has 4 N–H and O–H groups in total. The summed E-state index contributed by atoms with van der Waals surface area (Å²) in [6.45, 7) is 1.90. The van der Waals surface area contributed by atoms with Crippen LogP contribution in [0, 0.1) is 29.6 Å². The summed E-state index contributed by atoms with van der Waals surface area (Å²) < 4.78 is 0.939. The van der Waals surface area contributed by atoms with Gasteiger partial charge in [-0.15, -0.1) is 0 Å². The number of pyridine rings is 1. The van der Waals surface area contributed by atoms with Gasteiger partial charge >= 0.3 is 0 Å². The van der Waals surface area contributed by atoms with Gasteiger partial charge in [0.15, 0.2) is 5.03 Å². The van der Waals surface area contributed by atoms with Crippen molar-refractivity contribution in [3.63, 3.8) is 0 Å². The minimum atomic E-state index is -0.203. The maximum Gasteiger partial charge on any atom is 0.289 e. The van der Waals surface area contributed by atoms with Crippen LogP contribution in [0.15, 0.2) is 33.8 Å². The number of aryl methyl sites for hydroxylation is 1. The summed E-state index contributed by atoms with van der Waals surface area (Å²) >= 11 is 4.52. The molecule has 1 aromatic heterocycles. The minimum Gasteiger partial charge on any atom is -0.325 e. The maximum atomic E-state index is 12.1. The number of carbonyl (C=O) groups excluding carboxylic acids is 1. The number of hydrogen-bond acceptors (Lipinski definition) is 5. The van der Waals surface area contributed by atoms with Crippen molar-refractivity contribution < 1.29 is 9.78 Å². The largest absolute Gasteiger partial charge is 0.325 e. The Kier molecular flexibility index (Phi) is 5.80. The molecule has 0 aliphatic heterocycles. The SMILES string of the molecule is Cc1cc(Br)ccc1NC(=O)CSc1[nH+]c(N)c(C#N)cc1C#N. The Morgan fingerprint density at radius 3 is 2.67 bits per heavy atom. The molecule has 1 amide bonds. The van der Waals surface area contributed by atoms with Crippen LogP contribution in [0.3, 0.4) is 0 Å². The van der Waals surface area contributed by atoms with Crippen molar-refractivity contribution >= 4 is 45.1 Å². The first-order valence-electron chi connectivity index (χ1n) is 6.79.